The summed E-state index contributed by atoms with van der Waals surface area (Å²) in [7, 11) is 0. The van der Waals surface area contributed by atoms with Crippen LogP contribution in [0.2, 0.25) is 0 Å². The molecule has 1 aliphatic rings. The van der Waals surface area contributed by atoms with Crippen molar-refractivity contribution in [1.29, 1.82) is 0 Å². The predicted molar refractivity (Wildman–Crippen MR) is 117 cm³/mol. The third-order valence-corrected chi connectivity index (χ3v) is 6.28. The average molecular weight is 405 g/mol. The lowest BCUT2D eigenvalue weighted by atomic mass is 10.0. The molecule has 1 saturated heterocycles. The van der Waals surface area contributed by atoms with E-state index < -0.39 is 6.04 Å². The molecule has 0 spiro atoms. The second-order valence-corrected chi connectivity index (χ2v) is 8.30. The van der Waals surface area contributed by atoms with E-state index in [0.717, 1.165) is 17.5 Å². The molecular weight excluding hydrogens is 380 g/mol. The van der Waals surface area contributed by atoms with Gasteiger partial charge in [-0.05, 0) is 47.9 Å². The maximum absolute atomic E-state index is 12.9. The highest BCUT2D eigenvalue weighted by Gasteiger charge is 2.35. The monoisotopic (exact) mass is 404 g/mol. The Labute approximate surface area is 175 Å². The summed E-state index contributed by atoms with van der Waals surface area (Å²) in [4.78, 5) is 28.0. The third kappa shape index (κ3) is 4.25. The van der Waals surface area contributed by atoms with Gasteiger partial charge in [-0.3, -0.25) is 9.59 Å². The summed E-state index contributed by atoms with van der Waals surface area (Å²) >= 11 is 1.42. The Morgan fingerprint density at radius 3 is 2.41 bits per heavy atom. The van der Waals surface area contributed by atoms with Crippen molar-refractivity contribution in [2.24, 2.45) is 0 Å². The smallest absolute Gasteiger partial charge is 0.264 e. The lowest BCUT2D eigenvalue weighted by Crippen LogP contribution is -2.46. The van der Waals surface area contributed by atoms with E-state index in [1.54, 1.807) is 4.90 Å². The summed E-state index contributed by atoms with van der Waals surface area (Å²) in [5.74, 6) is -0.121. The molecule has 4 nitrogen and oxygen atoms in total. The molecule has 1 aliphatic heterocycles. The fourth-order valence-corrected chi connectivity index (χ4v) is 4.49. The summed E-state index contributed by atoms with van der Waals surface area (Å²) in [6.07, 6.45) is 1.57. The molecule has 2 aromatic carbocycles. The van der Waals surface area contributed by atoms with E-state index in [1.807, 2.05) is 42.6 Å². The van der Waals surface area contributed by atoms with Crippen molar-refractivity contribution < 1.29 is 9.59 Å². The first-order valence-corrected chi connectivity index (χ1v) is 10.8. The highest BCUT2D eigenvalue weighted by atomic mass is 32.1. The molecule has 0 radical (unpaired) electrons. The minimum absolute atomic E-state index is 0.0440. The van der Waals surface area contributed by atoms with Crippen LogP contribution in [0.1, 0.15) is 41.0 Å². The zero-order chi connectivity index (χ0) is 20.2. The second kappa shape index (κ2) is 8.62. The van der Waals surface area contributed by atoms with Gasteiger partial charge in [-0.25, -0.2) is 0 Å². The fourth-order valence-electron chi connectivity index (χ4n) is 3.81. The van der Waals surface area contributed by atoms with Gasteiger partial charge in [-0.2, -0.15) is 0 Å². The SMILES string of the molecule is C[C@H](NC(=O)[C@@H]1CCCN1C(=O)c1cccs1)c1ccc(-c2ccccc2)cc1. The van der Waals surface area contributed by atoms with Crippen molar-refractivity contribution in [3.05, 3.63) is 82.6 Å². The predicted octanol–water partition coefficient (Wildman–Crippen LogP) is 4.90. The summed E-state index contributed by atoms with van der Waals surface area (Å²) in [5.41, 5.74) is 3.37. The Kier molecular flexibility index (Phi) is 5.76. The minimum atomic E-state index is -0.393. The first kappa shape index (κ1) is 19.4. The highest BCUT2D eigenvalue weighted by molar-refractivity contribution is 7.12. The van der Waals surface area contributed by atoms with Gasteiger partial charge in [0.15, 0.2) is 0 Å². The molecule has 1 aromatic heterocycles. The van der Waals surface area contributed by atoms with Crippen LogP contribution < -0.4 is 5.32 Å². The number of rotatable bonds is 5. The zero-order valence-corrected chi connectivity index (χ0v) is 17.2. The molecule has 0 aliphatic carbocycles. The number of hydrogen-bond donors (Lipinski definition) is 1. The van der Waals surface area contributed by atoms with E-state index >= 15 is 0 Å². The maximum atomic E-state index is 12.9. The second-order valence-electron chi connectivity index (χ2n) is 7.35. The van der Waals surface area contributed by atoms with Gasteiger partial charge in [0.25, 0.3) is 5.91 Å². The molecule has 0 unspecified atom stereocenters. The largest absolute Gasteiger partial charge is 0.348 e. The van der Waals surface area contributed by atoms with Gasteiger partial charge < -0.3 is 10.2 Å². The first-order chi connectivity index (χ1) is 14.1. The number of benzene rings is 2. The van der Waals surface area contributed by atoms with E-state index in [9.17, 15) is 9.59 Å². The van der Waals surface area contributed by atoms with Gasteiger partial charge in [-0.15, -0.1) is 11.3 Å². The molecule has 0 saturated carbocycles. The summed E-state index contributed by atoms with van der Waals surface area (Å²) < 4.78 is 0. The summed E-state index contributed by atoms with van der Waals surface area (Å²) in [6.45, 7) is 2.62. The minimum Gasteiger partial charge on any atom is -0.348 e. The Balaban J connectivity index is 1.42. The number of amides is 2. The molecule has 148 valence electrons. The Morgan fingerprint density at radius 2 is 1.72 bits per heavy atom. The Bertz CT molecular complexity index is 968. The van der Waals surface area contributed by atoms with Gasteiger partial charge in [0, 0.05) is 6.54 Å². The van der Waals surface area contributed by atoms with Crippen molar-refractivity contribution in [3.8, 4) is 11.1 Å². The maximum Gasteiger partial charge on any atom is 0.264 e. The zero-order valence-electron chi connectivity index (χ0n) is 16.4. The molecule has 2 amide bonds. The van der Waals surface area contributed by atoms with Crippen LogP contribution in [0, 0.1) is 0 Å². The van der Waals surface area contributed by atoms with Gasteiger partial charge in [0.05, 0.1) is 10.9 Å². The van der Waals surface area contributed by atoms with Crippen LogP contribution in [0.4, 0.5) is 0 Å². The molecule has 5 heteroatoms. The van der Waals surface area contributed by atoms with Gasteiger partial charge >= 0.3 is 0 Å². The summed E-state index contributed by atoms with van der Waals surface area (Å²) in [5, 5.41) is 4.99. The van der Waals surface area contributed by atoms with E-state index in [-0.39, 0.29) is 17.9 Å². The average Bonchev–Trinajstić information content (AvgIpc) is 3.46. The summed E-state index contributed by atoms with van der Waals surface area (Å²) in [6, 6.07) is 21.7. The number of nitrogens with one attached hydrogen (secondary N) is 1. The van der Waals surface area contributed by atoms with E-state index in [2.05, 4.69) is 41.7 Å². The van der Waals surface area contributed by atoms with Crippen molar-refractivity contribution in [3.63, 3.8) is 0 Å². The molecule has 4 rings (SSSR count). The molecule has 2 heterocycles. The number of likely N-dealkylation sites (tertiary alicyclic amines) is 1. The van der Waals surface area contributed by atoms with E-state index in [0.29, 0.717) is 17.8 Å². The van der Waals surface area contributed by atoms with Crippen molar-refractivity contribution in [2.75, 3.05) is 6.54 Å². The number of carbonyl (C=O) groups excluding carboxylic acids is 2. The van der Waals surface area contributed by atoms with Gasteiger partial charge in [-0.1, -0.05) is 60.7 Å². The Hall–Kier alpha value is -2.92. The molecule has 1 N–H and O–H groups in total. The molecule has 2 atom stereocenters. The number of carbonyl (C=O) groups is 2. The van der Waals surface area contributed by atoms with E-state index in [4.69, 9.17) is 0 Å². The fraction of sp³-hybridized carbons (Fsp3) is 0.250. The van der Waals surface area contributed by atoms with Crippen LogP contribution in [-0.4, -0.2) is 29.3 Å². The highest BCUT2D eigenvalue weighted by Crippen LogP contribution is 2.25. The van der Waals surface area contributed by atoms with Gasteiger partial charge in [0.2, 0.25) is 5.91 Å². The molecule has 1 fully saturated rings. The number of thiophene rings is 1. The van der Waals surface area contributed by atoms with Crippen LogP contribution in [0.15, 0.2) is 72.1 Å². The van der Waals surface area contributed by atoms with Crippen LogP contribution in [0.3, 0.4) is 0 Å². The van der Waals surface area contributed by atoms with Crippen molar-refractivity contribution >= 4 is 23.2 Å². The Morgan fingerprint density at radius 1 is 1.00 bits per heavy atom. The molecule has 29 heavy (non-hydrogen) atoms. The topological polar surface area (TPSA) is 49.4 Å². The van der Waals surface area contributed by atoms with Crippen molar-refractivity contribution in [2.45, 2.75) is 31.8 Å². The van der Waals surface area contributed by atoms with Crippen molar-refractivity contribution in [1.82, 2.24) is 10.2 Å². The molecular formula is C24H24N2O2S. The lowest BCUT2D eigenvalue weighted by molar-refractivity contribution is -0.125. The standard InChI is InChI=1S/C24H24N2O2S/c1-17(18-11-13-20(14-12-18)19-7-3-2-4-8-19)25-23(27)21-9-5-15-26(21)24(28)22-10-6-16-29-22/h2-4,6-8,10-14,16-17,21H,5,9,15H2,1H3,(H,25,27)/t17-,21-/m0/s1. The van der Waals surface area contributed by atoms with E-state index in [1.165, 1.54) is 16.9 Å². The lowest BCUT2D eigenvalue weighted by Gasteiger charge is -2.25. The van der Waals surface area contributed by atoms with Crippen LogP contribution >= 0.6 is 11.3 Å². The molecule has 0 bridgehead atoms. The van der Waals surface area contributed by atoms with Crippen LogP contribution in [0.5, 0.6) is 0 Å². The normalized spacial score (nSPS) is 17.1. The molecule has 3 aromatic rings. The quantitative estimate of drug-likeness (QED) is 0.658. The number of hydrogen-bond acceptors (Lipinski definition) is 3. The first-order valence-electron chi connectivity index (χ1n) is 9.94. The third-order valence-electron chi connectivity index (χ3n) is 5.42. The number of nitrogens with zero attached hydrogens (tertiary/aromatic N) is 1. The van der Waals surface area contributed by atoms with Crippen LogP contribution in [-0.2, 0) is 4.79 Å². The van der Waals surface area contributed by atoms with Gasteiger partial charge in [0.1, 0.15) is 6.04 Å². The van der Waals surface area contributed by atoms with Crippen LogP contribution in [0.25, 0.3) is 11.1 Å².